The lowest BCUT2D eigenvalue weighted by atomic mass is 10.00. The Balaban J connectivity index is 1.65. The predicted octanol–water partition coefficient (Wildman–Crippen LogP) is 3.76. The summed E-state index contributed by atoms with van der Waals surface area (Å²) in [7, 11) is -3.83. The van der Waals surface area contributed by atoms with Crippen LogP contribution in [0.15, 0.2) is 47.4 Å². The van der Waals surface area contributed by atoms with E-state index in [-0.39, 0.29) is 29.6 Å². The van der Waals surface area contributed by atoms with Crippen LogP contribution in [0.25, 0.3) is 0 Å². The second-order valence-electron chi connectivity index (χ2n) is 6.50. The number of benzene rings is 2. The van der Waals surface area contributed by atoms with Crippen molar-refractivity contribution in [2.24, 2.45) is 5.92 Å². The first-order valence-corrected chi connectivity index (χ1v) is 10.5. The highest BCUT2D eigenvalue weighted by molar-refractivity contribution is 7.89. The van der Waals surface area contributed by atoms with Crippen LogP contribution in [-0.2, 0) is 26.2 Å². The van der Waals surface area contributed by atoms with Gasteiger partial charge < -0.3 is 4.74 Å². The first-order chi connectivity index (χ1) is 13.3. The third-order valence-corrected chi connectivity index (χ3v) is 6.79. The summed E-state index contributed by atoms with van der Waals surface area (Å²) in [6.45, 7) is 0.127. The molecule has 0 saturated carbocycles. The Bertz CT molecular complexity index is 966. The van der Waals surface area contributed by atoms with Crippen molar-refractivity contribution >= 4 is 27.6 Å². The lowest BCUT2D eigenvalue weighted by molar-refractivity contribution is -0.151. The largest absolute Gasteiger partial charge is 0.461 e. The number of ether oxygens (including phenoxy) is 1. The second kappa shape index (κ2) is 8.55. The van der Waals surface area contributed by atoms with Gasteiger partial charge in [0.1, 0.15) is 18.2 Å². The number of hydrogen-bond acceptors (Lipinski definition) is 4. The van der Waals surface area contributed by atoms with Gasteiger partial charge in [-0.3, -0.25) is 4.79 Å². The molecule has 150 valence electrons. The quantitative estimate of drug-likeness (QED) is 0.679. The summed E-state index contributed by atoms with van der Waals surface area (Å²) in [5, 5.41) is 0.150. The molecule has 0 spiro atoms. The fourth-order valence-corrected chi connectivity index (χ4v) is 4.76. The number of sulfonamides is 1. The van der Waals surface area contributed by atoms with Crippen LogP contribution in [0.1, 0.15) is 18.4 Å². The zero-order chi connectivity index (χ0) is 20.3. The standard InChI is InChI=1S/C19H18ClF2NO4S/c20-18-10-16(22)4-3-14(18)12-27-19(24)13-2-1-9-23(11-13)28(25,26)17-7-5-15(21)6-8-17/h3-8,10,13H,1-2,9,11-12H2. The van der Waals surface area contributed by atoms with Crippen molar-refractivity contribution < 1.29 is 26.7 Å². The van der Waals surface area contributed by atoms with Gasteiger partial charge in [-0.15, -0.1) is 0 Å². The highest BCUT2D eigenvalue weighted by Crippen LogP contribution is 2.25. The number of rotatable bonds is 5. The minimum absolute atomic E-state index is 0.0182. The molecule has 0 amide bonds. The number of carbonyl (C=O) groups excluding carboxylic acids is 1. The normalized spacial score (nSPS) is 18.0. The Morgan fingerprint density at radius 3 is 2.50 bits per heavy atom. The van der Waals surface area contributed by atoms with Crippen LogP contribution < -0.4 is 0 Å². The van der Waals surface area contributed by atoms with E-state index in [2.05, 4.69) is 0 Å². The molecule has 1 unspecified atom stereocenters. The highest BCUT2D eigenvalue weighted by Gasteiger charge is 2.34. The first kappa shape index (κ1) is 20.7. The van der Waals surface area contributed by atoms with Crippen molar-refractivity contribution in [3.63, 3.8) is 0 Å². The van der Waals surface area contributed by atoms with Crippen LogP contribution in [0.3, 0.4) is 0 Å². The Morgan fingerprint density at radius 2 is 1.82 bits per heavy atom. The molecule has 0 aliphatic carbocycles. The van der Waals surface area contributed by atoms with E-state index < -0.39 is 33.5 Å². The first-order valence-electron chi connectivity index (χ1n) is 8.63. The van der Waals surface area contributed by atoms with Gasteiger partial charge in [0, 0.05) is 18.7 Å². The Labute approximate surface area is 166 Å². The van der Waals surface area contributed by atoms with Crippen LogP contribution in [0, 0.1) is 17.6 Å². The van der Waals surface area contributed by atoms with E-state index in [1.54, 1.807) is 0 Å². The number of carbonyl (C=O) groups is 1. The van der Waals surface area contributed by atoms with E-state index in [1.807, 2.05) is 0 Å². The number of halogens is 3. The SMILES string of the molecule is O=C(OCc1ccc(F)cc1Cl)C1CCCN(S(=O)(=O)c2ccc(F)cc2)C1. The summed E-state index contributed by atoms with van der Waals surface area (Å²) in [4.78, 5) is 12.4. The summed E-state index contributed by atoms with van der Waals surface area (Å²) in [6.07, 6.45) is 0.989. The zero-order valence-electron chi connectivity index (χ0n) is 14.8. The molecule has 0 aromatic heterocycles. The van der Waals surface area contributed by atoms with Crippen molar-refractivity contribution in [2.45, 2.75) is 24.3 Å². The van der Waals surface area contributed by atoms with Gasteiger partial charge in [0.2, 0.25) is 10.0 Å². The Hall–Kier alpha value is -2.03. The van der Waals surface area contributed by atoms with Crippen molar-refractivity contribution in [1.82, 2.24) is 4.31 Å². The molecule has 0 bridgehead atoms. The van der Waals surface area contributed by atoms with Crippen LogP contribution in [0.2, 0.25) is 5.02 Å². The summed E-state index contributed by atoms with van der Waals surface area (Å²) in [6, 6.07) is 8.32. The van der Waals surface area contributed by atoms with Crippen LogP contribution in [0.5, 0.6) is 0 Å². The molecule has 5 nitrogen and oxygen atoms in total. The van der Waals surface area contributed by atoms with Gasteiger partial charge in [0.05, 0.1) is 15.8 Å². The van der Waals surface area contributed by atoms with Crippen molar-refractivity contribution in [2.75, 3.05) is 13.1 Å². The Kier molecular flexibility index (Phi) is 6.32. The molecule has 1 atom stereocenters. The molecule has 1 aliphatic rings. The van der Waals surface area contributed by atoms with Gasteiger partial charge in [-0.05, 0) is 49.2 Å². The minimum Gasteiger partial charge on any atom is -0.461 e. The lowest BCUT2D eigenvalue weighted by Gasteiger charge is -2.30. The molecule has 1 aliphatic heterocycles. The number of piperidine rings is 1. The molecule has 2 aromatic carbocycles. The van der Waals surface area contributed by atoms with Crippen molar-refractivity contribution in [3.05, 3.63) is 64.7 Å². The van der Waals surface area contributed by atoms with E-state index in [4.69, 9.17) is 16.3 Å². The molecule has 3 rings (SSSR count). The summed E-state index contributed by atoms with van der Waals surface area (Å²) in [5.41, 5.74) is 0.461. The molecular weight excluding hydrogens is 412 g/mol. The average Bonchev–Trinajstić information content (AvgIpc) is 2.67. The lowest BCUT2D eigenvalue weighted by Crippen LogP contribution is -2.42. The van der Waals surface area contributed by atoms with Gasteiger partial charge in [-0.1, -0.05) is 17.7 Å². The van der Waals surface area contributed by atoms with Gasteiger partial charge in [-0.25, -0.2) is 17.2 Å². The highest BCUT2D eigenvalue weighted by atomic mass is 35.5. The smallest absolute Gasteiger partial charge is 0.310 e. The van der Waals surface area contributed by atoms with Crippen LogP contribution >= 0.6 is 11.6 Å². The van der Waals surface area contributed by atoms with E-state index in [1.165, 1.54) is 28.6 Å². The fraction of sp³-hybridized carbons (Fsp3) is 0.316. The maximum Gasteiger partial charge on any atom is 0.310 e. The molecule has 1 saturated heterocycles. The summed E-state index contributed by atoms with van der Waals surface area (Å²) in [5.74, 6) is -2.19. The average molecular weight is 430 g/mol. The van der Waals surface area contributed by atoms with Crippen LogP contribution in [0.4, 0.5) is 8.78 Å². The second-order valence-corrected chi connectivity index (χ2v) is 8.84. The monoisotopic (exact) mass is 429 g/mol. The van der Waals surface area contributed by atoms with Gasteiger partial charge >= 0.3 is 5.97 Å². The molecule has 1 fully saturated rings. The molecule has 0 radical (unpaired) electrons. The molecule has 2 aromatic rings. The number of nitrogens with zero attached hydrogens (tertiary/aromatic N) is 1. The molecule has 9 heteroatoms. The third-order valence-electron chi connectivity index (χ3n) is 4.55. The van der Waals surface area contributed by atoms with Crippen molar-refractivity contribution in [3.8, 4) is 0 Å². The van der Waals surface area contributed by atoms with Crippen molar-refractivity contribution in [1.29, 1.82) is 0 Å². The van der Waals surface area contributed by atoms with Crippen LogP contribution in [-0.4, -0.2) is 31.8 Å². The van der Waals surface area contributed by atoms with E-state index in [0.29, 0.717) is 18.4 Å². The number of hydrogen-bond donors (Lipinski definition) is 0. The van der Waals surface area contributed by atoms with E-state index in [9.17, 15) is 22.0 Å². The van der Waals surface area contributed by atoms with Gasteiger partial charge in [0.15, 0.2) is 0 Å². The predicted molar refractivity (Wildman–Crippen MR) is 99.1 cm³/mol. The third kappa shape index (κ3) is 4.68. The molecule has 0 N–H and O–H groups in total. The van der Waals surface area contributed by atoms with E-state index in [0.717, 1.165) is 18.2 Å². The number of esters is 1. The molecular formula is C19H18ClF2NO4S. The zero-order valence-corrected chi connectivity index (χ0v) is 16.3. The fourth-order valence-electron chi connectivity index (χ4n) is 3.01. The summed E-state index contributed by atoms with van der Waals surface area (Å²) >= 11 is 5.92. The minimum atomic E-state index is -3.83. The van der Waals surface area contributed by atoms with E-state index >= 15 is 0 Å². The summed E-state index contributed by atoms with van der Waals surface area (Å²) < 4.78 is 58.0. The van der Waals surface area contributed by atoms with Gasteiger partial charge in [0.25, 0.3) is 0 Å². The maximum absolute atomic E-state index is 13.1. The topological polar surface area (TPSA) is 63.7 Å². The van der Waals surface area contributed by atoms with Gasteiger partial charge in [-0.2, -0.15) is 4.31 Å². The maximum atomic E-state index is 13.1. The molecule has 1 heterocycles. The molecule has 28 heavy (non-hydrogen) atoms. The Morgan fingerprint density at radius 1 is 1.14 bits per heavy atom.